The first kappa shape index (κ1) is 10.6. The Morgan fingerprint density at radius 1 is 1.54 bits per heavy atom. The molecule has 0 amide bonds. The van der Waals surface area contributed by atoms with Gasteiger partial charge in [-0.05, 0) is 18.8 Å². The summed E-state index contributed by atoms with van der Waals surface area (Å²) in [5, 5.41) is 9.55. The number of hydrogen-bond acceptors (Lipinski definition) is 2. The third kappa shape index (κ3) is 2.73. The van der Waals surface area contributed by atoms with Crippen LogP contribution < -0.4 is 0 Å². The summed E-state index contributed by atoms with van der Waals surface area (Å²) in [6, 6.07) is 0. The Kier molecular flexibility index (Phi) is 3.79. The van der Waals surface area contributed by atoms with Crippen molar-refractivity contribution < 1.29 is 9.84 Å². The summed E-state index contributed by atoms with van der Waals surface area (Å²) in [7, 11) is 0. The third-order valence-electron chi connectivity index (χ3n) is 2.86. The van der Waals surface area contributed by atoms with Crippen molar-refractivity contribution in [1.82, 2.24) is 0 Å². The lowest BCUT2D eigenvalue weighted by Crippen LogP contribution is -2.32. The lowest BCUT2D eigenvalue weighted by Gasteiger charge is -2.33. The fourth-order valence-corrected chi connectivity index (χ4v) is 2.03. The van der Waals surface area contributed by atoms with Crippen LogP contribution in [0.15, 0.2) is 12.3 Å². The Morgan fingerprint density at radius 3 is 2.62 bits per heavy atom. The second-order valence-corrected chi connectivity index (χ2v) is 3.87. The van der Waals surface area contributed by atoms with Crippen LogP contribution in [0.1, 0.15) is 39.5 Å². The first-order chi connectivity index (χ1) is 6.17. The van der Waals surface area contributed by atoms with E-state index in [4.69, 9.17) is 4.74 Å². The summed E-state index contributed by atoms with van der Waals surface area (Å²) >= 11 is 0. The quantitative estimate of drug-likeness (QED) is 0.730. The lowest BCUT2D eigenvalue weighted by atomic mass is 9.90. The van der Waals surface area contributed by atoms with E-state index < -0.39 is 0 Å². The van der Waals surface area contributed by atoms with Crippen LogP contribution in [0.3, 0.4) is 0 Å². The van der Waals surface area contributed by atoms with E-state index in [1.807, 2.05) is 0 Å². The van der Waals surface area contributed by atoms with E-state index in [1.54, 1.807) is 0 Å². The summed E-state index contributed by atoms with van der Waals surface area (Å²) in [5.41, 5.74) is 0. The third-order valence-corrected chi connectivity index (χ3v) is 2.86. The zero-order valence-corrected chi connectivity index (χ0v) is 8.62. The van der Waals surface area contributed by atoms with Crippen LogP contribution in [0.5, 0.6) is 0 Å². The Balaban J connectivity index is 2.53. The molecule has 0 bridgehead atoms. The molecule has 0 aliphatic carbocycles. The topological polar surface area (TPSA) is 29.5 Å². The van der Waals surface area contributed by atoms with Crippen molar-refractivity contribution in [3.05, 3.63) is 12.3 Å². The van der Waals surface area contributed by atoms with Gasteiger partial charge in [0.25, 0.3) is 0 Å². The minimum atomic E-state index is -0.244. The molecule has 2 heteroatoms. The molecule has 1 aliphatic rings. The zero-order valence-electron chi connectivity index (χ0n) is 8.62. The summed E-state index contributed by atoms with van der Waals surface area (Å²) in [6.07, 6.45) is 3.54. The number of hydrogen-bond donors (Lipinski definition) is 1. The van der Waals surface area contributed by atoms with E-state index in [1.165, 1.54) is 0 Å². The van der Waals surface area contributed by atoms with Crippen molar-refractivity contribution in [2.24, 2.45) is 5.92 Å². The zero-order chi connectivity index (χ0) is 9.84. The van der Waals surface area contributed by atoms with Gasteiger partial charge < -0.3 is 9.84 Å². The molecule has 2 atom stereocenters. The summed E-state index contributed by atoms with van der Waals surface area (Å²) in [6.45, 7) is 8.12. The molecule has 0 radical (unpaired) electrons. The van der Waals surface area contributed by atoms with Gasteiger partial charge in [-0.25, -0.2) is 0 Å². The largest absolute Gasteiger partial charge is 0.495 e. The predicted molar refractivity (Wildman–Crippen MR) is 53.3 cm³/mol. The van der Waals surface area contributed by atoms with Gasteiger partial charge in [0.1, 0.15) is 6.10 Å². The summed E-state index contributed by atoms with van der Waals surface area (Å²) in [5.74, 6) is 1.31. The normalized spacial score (nSPS) is 29.1. The SMILES string of the molecule is C=C1CC(O)CC(C(CC)CC)O1. The van der Waals surface area contributed by atoms with Crippen LogP contribution in [-0.4, -0.2) is 17.3 Å². The molecule has 0 aromatic heterocycles. The van der Waals surface area contributed by atoms with Crippen LogP contribution in [-0.2, 0) is 4.74 Å². The van der Waals surface area contributed by atoms with Crippen LogP contribution in [0.2, 0.25) is 0 Å². The number of aliphatic hydroxyl groups excluding tert-OH is 1. The lowest BCUT2D eigenvalue weighted by molar-refractivity contribution is -0.0290. The molecule has 1 saturated heterocycles. The molecule has 76 valence electrons. The molecule has 2 nitrogen and oxygen atoms in total. The fourth-order valence-electron chi connectivity index (χ4n) is 2.03. The maximum atomic E-state index is 9.55. The highest BCUT2D eigenvalue weighted by atomic mass is 16.5. The van der Waals surface area contributed by atoms with Crippen LogP contribution in [0, 0.1) is 5.92 Å². The second-order valence-electron chi connectivity index (χ2n) is 3.87. The number of ether oxygens (including phenoxy) is 1. The van der Waals surface area contributed by atoms with Crippen LogP contribution in [0.25, 0.3) is 0 Å². The molecule has 1 aliphatic heterocycles. The maximum Gasteiger partial charge on any atom is 0.103 e. The molecule has 0 saturated carbocycles. The smallest absolute Gasteiger partial charge is 0.103 e. The molecule has 1 N–H and O–H groups in total. The standard InChI is InChI=1S/C11H20O2/c1-4-9(5-2)11-7-10(12)6-8(3)13-11/h9-12H,3-7H2,1-2H3. The summed E-state index contributed by atoms with van der Waals surface area (Å²) < 4.78 is 5.65. The van der Waals surface area contributed by atoms with E-state index in [0.29, 0.717) is 12.3 Å². The highest BCUT2D eigenvalue weighted by molar-refractivity contribution is 4.93. The van der Waals surface area contributed by atoms with Gasteiger partial charge in [-0.1, -0.05) is 20.4 Å². The summed E-state index contributed by atoms with van der Waals surface area (Å²) in [4.78, 5) is 0. The van der Waals surface area contributed by atoms with Crippen LogP contribution in [0.4, 0.5) is 0 Å². The highest BCUT2D eigenvalue weighted by Crippen LogP contribution is 2.29. The van der Waals surface area contributed by atoms with Gasteiger partial charge in [-0.2, -0.15) is 0 Å². The van der Waals surface area contributed by atoms with Gasteiger partial charge in [0.2, 0.25) is 0 Å². The van der Waals surface area contributed by atoms with E-state index in [2.05, 4.69) is 20.4 Å². The average Bonchev–Trinajstić information content (AvgIpc) is 2.04. The number of aliphatic hydroxyl groups is 1. The molecule has 0 aromatic rings. The second kappa shape index (κ2) is 4.66. The maximum absolute atomic E-state index is 9.55. The Bertz CT molecular complexity index is 173. The minimum Gasteiger partial charge on any atom is -0.495 e. The van der Waals surface area contributed by atoms with E-state index in [0.717, 1.165) is 25.0 Å². The predicted octanol–water partition coefficient (Wildman–Crippen LogP) is 2.48. The van der Waals surface area contributed by atoms with E-state index in [-0.39, 0.29) is 12.2 Å². The molecule has 13 heavy (non-hydrogen) atoms. The molecule has 1 rings (SSSR count). The molecular weight excluding hydrogens is 164 g/mol. The first-order valence-electron chi connectivity index (χ1n) is 5.19. The molecule has 2 unspecified atom stereocenters. The Hall–Kier alpha value is -0.500. The van der Waals surface area contributed by atoms with Crippen molar-refractivity contribution in [1.29, 1.82) is 0 Å². The molecule has 0 spiro atoms. The van der Waals surface area contributed by atoms with Gasteiger partial charge >= 0.3 is 0 Å². The highest BCUT2D eigenvalue weighted by Gasteiger charge is 2.28. The molecular formula is C11H20O2. The number of rotatable bonds is 3. The van der Waals surface area contributed by atoms with Crippen molar-refractivity contribution in [3.8, 4) is 0 Å². The minimum absolute atomic E-state index is 0.186. The van der Waals surface area contributed by atoms with Gasteiger partial charge in [0.05, 0.1) is 11.9 Å². The molecule has 1 heterocycles. The van der Waals surface area contributed by atoms with E-state index in [9.17, 15) is 5.11 Å². The first-order valence-corrected chi connectivity index (χ1v) is 5.19. The van der Waals surface area contributed by atoms with Crippen LogP contribution >= 0.6 is 0 Å². The van der Waals surface area contributed by atoms with E-state index >= 15 is 0 Å². The molecule has 1 fully saturated rings. The monoisotopic (exact) mass is 184 g/mol. The van der Waals surface area contributed by atoms with Crippen molar-refractivity contribution in [3.63, 3.8) is 0 Å². The van der Waals surface area contributed by atoms with Crippen molar-refractivity contribution in [2.75, 3.05) is 0 Å². The van der Waals surface area contributed by atoms with Crippen molar-refractivity contribution in [2.45, 2.75) is 51.7 Å². The fraction of sp³-hybridized carbons (Fsp3) is 0.818. The Morgan fingerprint density at radius 2 is 2.15 bits per heavy atom. The van der Waals surface area contributed by atoms with Gasteiger partial charge in [-0.15, -0.1) is 0 Å². The Labute approximate surface area is 80.6 Å². The molecule has 0 aromatic carbocycles. The van der Waals surface area contributed by atoms with Gasteiger partial charge in [-0.3, -0.25) is 0 Å². The van der Waals surface area contributed by atoms with Gasteiger partial charge in [0.15, 0.2) is 0 Å². The van der Waals surface area contributed by atoms with Crippen molar-refractivity contribution >= 4 is 0 Å². The van der Waals surface area contributed by atoms with Gasteiger partial charge in [0, 0.05) is 12.8 Å². The average molecular weight is 184 g/mol.